The molecule has 0 spiro atoms. The van der Waals surface area contributed by atoms with Gasteiger partial charge in [0.05, 0.1) is 0 Å². The van der Waals surface area contributed by atoms with Crippen LogP contribution in [0.5, 0.6) is 0 Å². The van der Waals surface area contributed by atoms with Crippen molar-refractivity contribution in [1.29, 1.82) is 0 Å². The van der Waals surface area contributed by atoms with Crippen molar-refractivity contribution >= 4 is 5.69 Å². The van der Waals surface area contributed by atoms with Crippen LogP contribution in [-0.4, -0.2) is 24.1 Å². The Hall–Kier alpha value is -1.09. The summed E-state index contributed by atoms with van der Waals surface area (Å²) >= 11 is 0. The predicted octanol–water partition coefficient (Wildman–Crippen LogP) is 0.619. The molecule has 0 radical (unpaired) electrons. The molecular formula is C9H13N3. The highest BCUT2D eigenvalue weighted by atomic mass is 15.2. The third kappa shape index (κ3) is 1.41. The molecule has 1 saturated heterocycles. The van der Waals surface area contributed by atoms with Gasteiger partial charge in [-0.15, -0.1) is 0 Å². The molecule has 12 heavy (non-hydrogen) atoms. The van der Waals surface area contributed by atoms with Gasteiger partial charge in [-0.2, -0.15) is 0 Å². The van der Waals surface area contributed by atoms with Crippen LogP contribution in [0.4, 0.5) is 5.69 Å². The second-order valence-electron chi connectivity index (χ2n) is 3.20. The van der Waals surface area contributed by atoms with Gasteiger partial charge in [-0.05, 0) is 18.6 Å². The number of hydrogen-bond donors (Lipinski definition) is 1. The molecule has 1 aromatic heterocycles. The largest absolute Gasteiger partial charge is 0.370 e. The van der Waals surface area contributed by atoms with E-state index in [4.69, 9.17) is 5.73 Å². The number of rotatable bonds is 1. The third-order valence-corrected chi connectivity index (χ3v) is 2.25. The van der Waals surface area contributed by atoms with E-state index in [-0.39, 0.29) is 0 Å². The van der Waals surface area contributed by atoms with Gasteiger partial charge < -0.3 is 10.6 Å². The predicted molar refractivity (Wildman–Crippen MR) is 49.0 cm³/mol. The molecule has 1 fully saturated rings. The number of aromatic nitrogens is 1. The average molecular weight is 163 g/mol. The van der Waals surface area contributed by atoms with Gasteiger partial charge in [-0.25, -0.2) is 0 Å². The summed E-state index contributed by atoms with van der Waals surface area (Å²) in [7, 11) is 0. The lowest BCUT2D eigenvalue weighted by molar-refractivity contribution is 0.752. The maximum Gasteiger partial charge on any atom is 0.0397 e. The van der Waals surface area contributed by atoms with E-state index in [0.717, 1.165) is 19.5 Å². The summed E-state index contributed by atoms with van der Waals surface area (Å²) in [6.07, 6.45) is 4.74. The fourth-order valence-electron chi connectivity index (χ4n) is 1.58. The van der Waals surface area contributed by atoms with Crippen molar-refractivity contribution in [3.8, 4) is 0 Å². The lowest BCUT2D eigenvalue weighted by atomic mass is 10.3. The molecule has 64 valence electrons. The maximum atomic E-state index is 5.81. The van der Waals surface area contributed by atoms with Crippen molar-refractivity contribution in [2.45, 2.75) is 12.5 Å². The molecule has 1 aliphatic heterocycles. The van der Waals surface area contributed by atoms with E-state index in [1.54, 1.807) is 0 Å². The molecule has 0 amide bonds. The summed E-state index contributed by atoms with van der Waals surface area (Å²) in [6.45, 7) is 2.05. The first-order chi connectivity index (χ1) is 5.86. The van der Waals surface area contributed by atoms with Crippen molar-refractivity contribution in [2.75, 3.05) is 18.0 Å². The van der Waals surface area contributed by atoms with Crippen LogP contribution >= 0.6 is 0 Å². The van der Waals surface area contributed by atoms with Crippen molar-refractivity contribution < 1.29 is 0 Å². The standard InChI is InChI=1S/C9H13N3/c10-8-3-6-12(7-8)9-1-4-11-5-2-9/h1-2,4-5,8H,3,6-7,10H2. The quantitative estimate of drug-likeness (QED) is 0.660. The van der Waals surface area contributed by atoms with Gasteiger partial charge in [0.25, 0.3) is 0 Å². The smallest absolute Gasteiger partial charge is 0.0397 e. The van der Waals surface area contributed by atoms with Gasteiger partial charge >= 0.3 is 0 Å². The minimum Gasteiger partial charge on any atom is -0.370 e. The fourth-order valence-corrected chi connectivity index (χ4v) is 1.58. The monoisotopic (exact) mass is 163 g/mol. The second-order valence-corrected chi connectivity index (χ2v) is 3.20. The van der Waals surface area contributed by atoms with Gasteiger partial charge in [0.1, 0.15) is 0 Å². The first-order valence-electron chi connectivity index (χ1n) is 4.27. The molecule has 0 aromatic carbocycles. The molecule has 0 aliphatic carbocycles. The zero-order valence-corrected chi connectivity index (χ0v) is 6.98. The number of nitrogens with two attached hydrogens (primary N) is 1. The van der Waals surface area contributed by atoms with Crippen molar-refractivity contribution in [1.82, 2.24) is 4.98 Å². The van der Waals surface area contributed by atoms with Crippen LogP contribution in [0.1, 0.15) is 6.42 Å². The summed E-state index contributed by atoms with van der Waals surface area (Å²) in [5, 5.41) is 0. The first-order valence-corrected chi connectivity index (χ1v) is 4.27. The number of pyridine rings is 1. The molecule has 1 unspecified atom stereocenters. The Balaban J connectivity index is 2.11. The van der Waals surface area contributed by atoms with Crippen LogP contribution in [0.3, 0.4) is 0 Å². The summed E-state index contributed by atoms with van der Waals surface area (Å²) in [6, 6.07) is 4.40. The van der Waals surface area contributed by atoms with Crippen molar-refractivity contribution in [3.05, 3.63) is 24.5 Å². The Morgan fingerprint density at radius 3 is 2.75 bits per heavy atom. The topological polar surface area (TPSA) is 42.1 Å². The highest BCUT2D eigenvalue weighted by Gasteiger charge is 2.18. The Bertz CT molecular complexity index is 247. The lowest BCUT2D eigenvalue weighted by Gasteiger charge is -2.16. The van der Waals surface area contributed by atoms with E-state index in [2.05, 4.69) is 9.88 Å². The lowest BCUT2D eigenvalue weighted by Crippen LogP contribution is -2.26. The van der Waals surface area contributed by atoms with Crippen LogP contribution in [0.15, 0.2) is 24.5 Å². The SMILES string of the molecule is NC1CCN(c2ccncc2)C1. The van der Waals surface area contributed by atoms with Gasteiger partial charge in [-0.1, -0.05) is 0 Å². The molecule has 2 rings (SSSR count). The highest BCUT2D eigenvalue weighted by Crippen LogP contribution is 2.17. The first kappa shape index (κ1) is 7.55. The van der Waals surface area contributed by atoms with Crippen LogP contribution in [0.25, 0.3) is 0 Å². The van der Waals surface area contributed by atoms with Crippen LogP contribution in [0, 0.1) is 0 Å². The second kappa shape index (κ2) is 3.11. The highest BCUT2D eigenvalue weighted by molar-refractivity contribution is 5.45. The average Bonchev–Trinajstić information content (AvgIpc) is 2.54. The zero-order chi connectivity index (χ0) is 8.39. The molecule has 3 nitrogen and oxygen atoms in total. The fraction of sp³-hybridized carbons (Fsp3) is 0.444. The van der Waals surface area contributed by atoms with E-state index >= 15 is 0 Å². The number of anilines is 1. The van der Waals surface area contributed by atoms with E-state index in [0.29, 0.717) is 6.04 Å². The normalized spacial score (nSPS) is 23.1. The number of hydrogen-bond acceptors (Lipinski definition) is 3. The summed E-state index contributed by atoms with van der Waals surface area (Å²) < 4.78 is 0. The van der Waals surface area contributed by atoms with Gasteiger partial charge in [0.15, 0.2) is 0 Å². The molecule has 1 atom stereocenters. The van der Waals surface area contributed by atoms with Gasteiger partial charge in [0, 0.05) is 37.2 Å². The molecular weight excluding hydrogens is 150 g/mol. The van der Waals surface area contributed by atoms with Crippen LogP contribution in [0.2, 0.25) is 0 Å². The van der Waals surface area contributed by atoms with Crippen molar-refractivity contribution in [3.63, 3.8) is 0 Å². The molecule has 2 N–H and O–H groups in total. The molecule has 1 aliphatic rings. The Morgan fingerprint density at radius 1 is 1.42 bits per heavy atom. The van der Waals surface area contributed by atoms with Crippen LogP contribution in [-0.2, 0) is 0 Å². The molecule has 1 aromatic rings. The zero-order valence-electron chi connectivity index (χ0n) is 6.98. The molecule has 3 heteroatoms. The third-order valence-electron chi connectivity index (χ3n) is 2.25. The van der Waals surface area contributed by atoms with Gasteiger partial charge in [-0.3, -0.25) is 4.98 Å². The van der Waals surface area contributed by atoms with E-state index in [1.807, 2.05) is 24.5 Å². The van der Waals surface area contributed by atoms with Crippen LogP contribution < -0.4 is 10.6 Å². The number of nitrogens with zero attached hydrogens (tertiary/aromatic N) is 2. The minimum absolute atomic E-state index is 0.346. The molecule has 2 heterocycles. The maximum absolute atomic E-state index is 5.81. The molecule has 0 bridgehead atoms. The summed E-state index contributed by atoms with van der Waals surface area (Å²) in [5.41, 5.74) is 7.04. The molecule has 0 saturated carbocycles. The van der Waals surface area contributed by atoms with Gasteiger partial charge in [0.2, 0.25) is 0 Å². The summed E-state index contributed by atoms with van der Waals surface area (Å²) in [4.78, 5) is 6.28. The van der Waals surface area contributed by atoms with E-state index in [1.165, 1.54) is 5.69 Å². The van der Waals surface area contributed by atoms with Crippen molar-refractivity contribution in [2.24, 2.45) is 5.73 Å². The summed E-state index contributed by atoms with van der Waals surface area (Å²) in [5.74, 6) is 0. The van der Waals surface area contributed by atoms with E-state index < -0.39 is 0 Å². The van der Waals surface area contributed by atoms with E-state index in [9.17, 15) is 0 Å². The Labute approximate surface area is 72.2 Å². The Morgan fingerprint density at radius 2 is 2.17 bits per heavy atom. The Kier molecular flexibility index (Phi) is 1.96. The minimum atomic E-state index is 0.346.